The summed E-state index contributed by atoms with van der Waals surface area (Å²) in [4.78, 5) is 1.15. The summed E-state index contributed by atoms with van der Waals surface area (Å²) in [5.41, 5.74) is 9.94. The number of rotatable bonds is 4. The molecule has 90 valence electrons. The molecule has 1 heterocycles. The van der Waals surface area contributed by atoms with E-state index >= 15 is 0 Å². The van der Waals surface area contributed by atoms with Gasteiger partial charge >= 0.3 is 0 Å². The Bertz CT molecular complexity index is 494. The van der Waals surface area contributed by atoms with Crippen LogP contribution < -0.4 is 11.1 Å². The zero-order valence-corrected chi connectivity index (χ0v) is 10.6. The second-order valence-electron chi connectivity index (χ2n) is 3.81. The van der Waals surface area contributed by atoms with E-state index in [1.807, 2.05) is 24.6 Å². The van der Waals surface area contributed by atoms with Crippen molar-refractivity contribution in [2.24, 2.45) is 0 Å². The van der Waals surface area contributed by atoms with Gasteiger partial charge in [0.2, 0.25) is 0 Å². The number of anilines is 2. The zero-order valence-electron chi connectivity index (χ0n) is 9.73. The van der Waals surface area contributed by atoms with Crippen LogP contribution in [0.4, 0.5) is 11.4 Å². The number of nitrogen functional groups attached to an aromatic ring is 1. The zero-order chi connectivity index (χ0) is 12.3. The van der Waals surface area contributed by atoms with Crippen LogP contribution in [0, 0.1) is 0 Å². The van der Waals surface area contributed by atoms with Crippen molar-refractivity contribution in [1.82, 2.24) is 0 Å². The van der Waals surface area contributed by atoms with Gasteiger partial charge in [-0.05, 0) is 35.6 Å². The molecule has 2 aromatic rings. The maximum atomic E-state index is 9.02. The van der Waals surface area contributed by atoms with Crippen molar-refractivity contribution in [2.75, 3.05) is 24.7 Å². The van der Waals surface area contributed by atoms with Crippen LogP contribution >= 0.6 is 11.3 Å². The fraction of sp³-hybridized carbons (Fsp3) is 0.231. The van der Waals surface area contributed by atoms with Gasteiger partial charge in [-0.3, -0.25) is 0 Å². The maximum absolute atomic E-state index is 9.02. The summed E-state index contributed by atoms with van der Waals surface area (Å²) in [6.45, 7) is 0.150. The van der Waals surface area contributed by atoms with Crippen LogP contribution in [0.1, 0.15) is 5.56 Å². The lowest BCUT2D eigenvalue weighted by Crippen LogP contribution is -2.01. The second-order valence-corrected chi connectivity index (χ2v) is 4.75. The Morgan fingerprint density at radius 3 is 2.82 bits per heavy atom. The largest absolute Gasteiger partial charge is 0.397 e. The van der Waals surface area contributed by atoms with E-state index < -0.39 is 0 Å². The van der Waals surface area contributed by atoms with E-state index in [1.54, 1.807) is 11.3 Å². The van der Waals surface area contributed by atoms with E-state index in [4.69, 9.17) is 10.8 Å². The third-order valence-electron chi connectivity index (χ3n) is 2.70. The van der Waals surface area contributed by atoms with Gasteiger partial charge in [0.1, 0.15) is 0 Å². The first-order chi connectivity index (χ1) is 8.26. The highest BCUT2D eigenvalue weighted by molar-refractivity contribution is 7.13. The first-order valence-electron chi connectivity index (χ1n) is 5.51. The Hall–Kier alpha value is -1.52. The van der Waals surface area contributed by atoms with Gasteiger partial charge in [-0.1, -0.05) is 6.07 Å². The average Bonchev–Trinajstić information content (AvgIpc) is 2.85. The van der Waals surface area contributed by atoms with E-state index in [1.165, 1.54) is 0 Å². The smallest absolute Gasteiger partial charge is 0.0637 e. The first kappa shape index (κ1) is 12.0. The summed E-state index contributed by atoms with van der Waals surface area (Å²) < 4.78 is 0. The molecule has 0 radical (unpaired) electrons. The van der Waals surface area contributed by atoms with Gasteiger partial charge in [-0.15, -0.1) is 11.3 Å². The van der Waals surface area contributed by atoms with Crippen LogP contribution in [0.15, 0.2) is 29.6 Å². The molecule has 0 aliphatic carbocycles. The number of hydrogen-bond acceptors (Lipinski definition) is 4. The number of nitrogens with one attached hydrogen (secondary N) is 1. The van der Waals surface area contributed by atoms with Crippen molar-refractivity contribution >= 4 is 22.7 Å². The Morgan fingerprint density at radius 1 is 1.41 bits per heavy atom. The normalized spacial score (nSPS) is 10.5. The van der Waals surface area contributed by atoms with Gasteiger partial charge in [0.25, 0.3) is 0 Å². The average molecular weight is 248 g/mol. The summed E-state index contributed by atoms with van der Waals surface area (Å²) in [6.07, 6.45) is 0.646. The Labute approximate surface area is 105 Å². The van der Waals surface area contributed by atoms with E-state index in [2.05, 4.69) is 17.4 Å². The third-order valence-corrected chi connectivity index (χ3v) is 3.60. The molecule has 0 aliphatic rings. The predicted molar refractivity (Wildman–Crippen MR) is 74.5 cm³/mol. The minimum absolute atomic E-state index is 0.150. The number of nitrogens with two attached hydrogens (primary N) is 1. The van der Waals surface area contributed by atoms with Crippen molar-refractivity contribution < 1.29 is 5.11 Å². The van der Waals surface area contributed by atoms with Gasteiger partial charge < -0.3 is 16.2 Å². The monoisotopic (exact) mass is 248 g/mol. The molecule has 0 amide bonds. The first-order valence-corrected chi connectivity index (χ1v) is 6.39. The summed E-state index contributed by atoms with van der Waals surface area (Å²) >= 11 is 1.67. The van der Waals surface area contributed by atoms with Crippen molar-refractivity contribution in [1.29, 1.82) is 0 Å². The van der Waals surface area contributed by atoms with Gasteiger partial charge in [-0.2, -0.15) is 0 Å². The van der Waals surface area contributed by atoms with Crippen molar-refractivity contribution in [2.45, 2.75) is 6.42 Å². The van der Waals surface area contributed by atoms with Crippen LogP contribution in [0.3, 0.4) is 0 Å². The summed E-state index contributed by atoms with van der Waals surface area (Å²) in [7, 11) is 1.85. The van der Waals surface area contributed by atoms with Crippen LogP contribution in [0.25, 0.3) is 10.4 Å². The second kappa shape index (κ2) is 5.21. The standard InChI is InChI=1S/C13H16N2OS/c1-15-11-8-9(4-5-16)7-10(13(11)14)12-3-2-6-17-12/h2-3,6-8,15-16H,4-5,14H2,1H3. The lowest BCUT2D eigenvalue weighted by molar-refractivity contribution is 0.299. The van der Waals surface area contributed by atoms with Crippen LogP contribution in [0.5, 0.6) is 0 Å². The SMILES string of the molecule is CNc1cc(CCO)cc(-c2cccs2)c1N. The maximum Gasteiger partial charge on any atom is 0.0637 e. The number of aliphatic hydroxyl groups is 1. The molecule has 0 saturated heterocycles. The molecule has 3 nitrogen and oxygen atoms in total. The van der Waals surface area contributed by atoms with E-state index in [0.29, 0.717) is 6.42 Å². The van der Waals surface area contributed by atoms with E-state index in [0.717, 1.165) is 27.4 Å². The summed E-state index contributed by atoms with van der Waals surface area (Å²) in [6, 6.07) is 8.11. The Balaban J connectivity index is 2.53. The molecule has 0 unspecified atom stereocenters. The predicted octanol–water partition coefficient (Wildman–Crippen LogP) is 2.57. The minimum atomic E-state index is 0.150. The van der Waals surface area contributed by atoms with Gasteiger partial charge in [0.15, 0.2) is 0 Å². The lowest BCUT2D eigenvalue weighted by Gasteiger charge is -2.12. The molecule has 0 atom stereocenters. The third kappa shape index (κ3) is 2.43. The van der Waals surface area contributed by atoms with Gasteiger partial charge in [-0.25, -0.2) is 0 Å². The molecule has 1 aromatic carbocycles. The van der Waals surface area contributed by atoms with E-state index in [-0.39, 0.29) is 6.61 Å². The molecule has 17 heavy (non-hydrogen) atoms. The number of hydrogen-bond donors (Lipinski definition) is 3. The fourth-order valence-corrected chi connectivity index (χ4v) is 2.59. The molecular formula is C13H16N2OS. The molecule has 4 heteroatoms. The highest BCUT2D eigenvalue weighted by atomic mass is 32.1. The molecule has 0 fully saturated rings. The van der Waals surface area contributed by atoms with Gasteiger partial charge in [0, 0.05) is 24.1 Å². The highest BCUT2D eigenvalue weighted by Gasteiger charge is 2.09. The molecule has 4 N–H and O–H groups in total. The number of thiophene rings is 1. The lowest BCUT2D eigenvalue weighted by atomic mass is 10.0. The van der Waals surface area contributed by atoms with E-state index in [9.17, 15) is 0 Å². The van der Waals surface area contributed by atoms with Crippen molar-refractivity contribution in [3.8, 4) is 10.4 Å². The minimum Gasteiger partial charge on any atom is -0.397 e. The molecular weight excluding hydrogens is 232 g/mol. The van der Waals surface area contributed by atoms with Gasteiger partial charge in [0.05, 0.1) is 11.4 Å². The number of aliphatic hydroxyl groups excluding tert-OH is 1. The summed E-state index contributed by atoms with van der Waals surface area (Å²) in [5.74, 6) is 0. The summed E-state index contributed by atoms with van der Waals surface area (Å²) in [5, 5.41) is 14.2. The van der Waals surface area contributed by atoms with Crippen LogP contribution in [-0.4, -0.2) is 18.8 Å². The van der Waals surface area contributed by atoms with Crippen molar-refractivity contribution in [3.05, 3.63) is 35.2 Å². The van der Waals surface area contributed by atoms with Crippen LogP contribution in [0.2, 0.25) is 0 Å². The molecule has 2 rings (SSSR count). The molecule has 0 saturated carbocycles. The quantitative estimate of drug-likeness (QED) is 0.729. The fourth-order valence-electron chi connectivity index (χ4n) is 1.83. The van der Waals surface area contributed by atoms with Crippen LogP contribution in [-0.2, 0) is 6.42 Å². The molecule has 0 aliphatic heterocycles. The number of benzene rings is 1. The Morgan fingerprint density at radius 2 is 2.24 bits per heavy atom. The molecule has 0 bridgehead atoms. The molecule has 1 aromatic heterocycles. The molecule has 0 spiro atoms. The highest BCUT2D eigenvalue weighted by Crippen LogP contribution is 2.35. The Kier molecular flexibility index (Phi) is 3.66. The topological polar surface area (TPSA) is 58.3 Å². The van der Waals surface area contributed by atoms with Crippen molar-refractivity contribution in [3.63, 3.8) is 0 Å².